The fourth-order valence-corrected chi connectivity index (χ4v) is 4.35. The van der Waals surface area contributed by atoms with Crippen LogP contribution in [-0.2, 0) is 16.6 Å². The highest BCUT2D eigenvalue weighted by molar-refractivity contribution is 9.10. The zero-order valence-electron chi connectivity index (χ0n) is 14.5. The Morgan fingerprint density at radius 3 is 2.00 bits per heavy atom. The number of phenolic OH excluding ortho intramolecular Hbond substituents is 2. The second-order valence-electron chi connectivity index (χ2n) is 6.47. The Balaban J connectivity index is 2.08. The Morgan fingerprint density at radius 1 is 1.00 bits per heavy atom. The van der Waals surface area contributed by atoms with E-state index in [1.807, 2.05) is 6.92 Å². The van der Waals surface area contributed by atoms with Crippen molar-refractivity contribution in [2.45, 2.75) is 18.8 Å². The van der Waals surface area contributed by atoms with Crippen LogP contribution in [0.25, 0.3) is 0 Å². The fraction of sp³-hybridized carbons (Fsp3) is 0.143. The van der Waals surface area contributed by atoms with E-state index in [1.165, 1.54) is 0 Å². The number of aromatic nitrogens is 1. The second-order valence-corrected chi connectivity index (χ2v) is 7.22. The first-order valence-electron chi connectivity index (χ1n) is 8.56. The first-order chi connectivity index (χ1) is 13.0. The molecule has 3 aromatic rings. The van der Waals surface area contributed by atoms with E-state index in [4.69, 9.17) is 0 Å². The lowest BCUT2D eigenvalue weighted by Gasteiger charge is -2.29. The molecular weight excluding hydrogens is 408 g/mol. The van der Waals surface area contributed by atoms with E-state index < -0.39 is 5.41 Å². The molecule has 27 heavy (non-hydrogen) atoms. The molecule has 2 heterocycles. The summed E-state index contributed by atoms with van der Waals surface area (Å²) in [5, 5.41) is 22.5. The zero-order chi connectivity index (χ0) is 19.2. The Hall–Kier alpha value is -2.86. The van der Waals surface area contributed by atoms with Crippen molar-refractivity contribution in [2.24, 2.45) is 0 Å². The van der Waals surface area contributed by atoms with E-state index in [1.54, 1.807) is 54.7 Å². The average Bonchev–Trinajstić information content (AvgIpc) is 2.96. The molecule has 0 aliphatic carbocycles. The van der Waals surface area contributed by atoms with Crippen molar-refractivity contribution in [3.8, 4) is 11.5 Å². The molecule has 0 unspecified atom stereocenters. The zero-order valence-corrected chi connectivity index (χ0v) is 16.1. The van der Waals surface area contributed by atoms with Gasteiger partial charge in [0, 0.05) is 17.3 Å². The number of anilines is 1. The number of hydrogen-bond acceptors (Lipinski definition) is 4. The minimum Gasteiger partial charge on any atom is -0.508 e. The molecule has 4 rings (SSSR count). The summed E-state index contributed by atoms with van der Waals surface area (Å²) in [5.74, 6) is 0.0614. The highest BCUT2D eigenvalue weighted by Crippen LogP contribution is 2.49. The van der Waals surface area contributed by atoms with Crippen LogP contribution in [0, 0.1) is 0 Å². The third-order valence-electron chi connectivity index (χ3n) is 5.06. The molecule has 1 aliphatic heterocycles. The number of pyridine rings is 1. The highest BCUT2D eigenvalue weighted by atomic mass is 79.9. The van der Waals surface area contributed by atoms with Crippen LogP contribution >= 0.6 is 15.9 Å². The molecule has 1 aliphatic rings. The minimum absolute atomic E-state index is 0.126. The van der Waals surface area contributed by atoms with Crippen LogP contribution in [0.4, 0.5) is 5.69 Å². The van der Waals surface area contributed by atoms with Crippen molar-refractivity contribution in [2.75, 3.05) is 5.32 Å². The molecule has 0 saturated heterocycles. The summed E-state index contributed by atoms with van der Waals surface area (Å²) in [7, 11) is 0. The van der Waals surface area contributed by atoms with Gasteiger partial charge in [0.2, 0.25) is 5.91 Å². The number of fused-ring (bicyclic) bond motifs is 1. The predicted molar refractivity (Wildman–Crippen MR) is 106 cm³/mol. The number of phenols is 2. The molecule has 0 fully saturated rings. The van der Waals surface area contributed by atoms with E-state index >= 15 is 0 Å². The molecule has 1 amide bonds. The number of amides is 1. The van der Waals surface area contributed by atoms with Gasteiger partial charge in [-0.2, -0.15) is 0 Å². The number of carbonyl (C=O) groups is 1. The van der Waals surface area contributed by atoms with E-state index in [-0.39, 0.29) is 17.4 Å². The van der Waals surface area contributed by atoms with Crippen molar-refractivity contribution in [3.05, 3.63) is 81.6 Å². The van der Waals surface area contributed by atoms with Gasteiger partial charge in [0.15, 0.2) is 0 Å². The Labute approximate surface area is 164 Å². The number of nitrogens with zero attached hydrogens (tertiary/aromatic N) is 1. The number of benzene rings is 2. The molecule has 136 valence electrons. The molecule has 0 atom stereocenters. The topological polar surface area (TPSA) is 82.5 Å². The third-order valence-corrected chi connectivity index (χ3v) is 5.75. The normalized spacial score (nSPS) is 14.7. The monoisotopic (exact) mass is 424 g/mol. The summed E-state index contributed by atoms with van der Waals surface area (Å²) in [6.45, 7) is 2.01. The lowest BCUT2D eigenvalue weighted by Crippen LogP contribution is -2.37. The molecule has 3 N–H and O–H groups in total. The van der Waals surface area contributed by atoms with Gasteiger partial charge in [0.1, 0.15) is 21.5 Å². The minimum atomic E-state index is -1.12. The van der Waals surface area contributed by atoms with Gasteiger partial charge in [-0.1, -0.05) is 31.2 Å². The van der Waals surface area contributed by atoms with Gasteiger partial charge in [0.05, 0.1) is 5.69 Å². The van der Waals surface area contributed by atoms with E-state index in [0.717, 1.165) is 16.8 Å². The first-order valence-corrected chi connectivity index (χ1v) is 9.36. The van der Waals surface area contributed by atoms with Gasteiger partial charge in [-0.05, 0) is 57.7 Å². The lowest BCUT2D eigenvalue weighted by molar-refractivity contribution is -0.118. The molecule has 0 saturated carbocycles. The summed E-state index contributed by atoms with van der Waals surface area (Å²) in [4.78, 5) is 17.9. The van der Waals surface area contributed by atoms with Crippen LogP contribution in [0.1, 0.15) is 29.2 Å². The number of nitrogens with one attached hydrogen (secondary N) is 1. The van der Waals surface area contributed by atoms with Gasteiger partial charge in [0.25, 0.3) is 0 Å². The van der Waals surface area contributed by atoms with E-state index in [9.17, 15) is 15.0 Å². The average molecular weight is 425 g/mol. The molecule has 0 bridgehead atoms. The maximum atomic E-state index is 13.4. The van der Waals surface area contributed by atoms with Crippen molar-refractivity contribution < 1.29 is 15.0 Å². The first kappa shape index (κ1) is 17.5. The molecule has 1 aromatic heterocycles. The maximum absolute atomic E-state index is 13.4. The standard InChI is InChI=1S/C21H17BrN2O3/c1-2-16-18-17(11-23-19(16)22)21(20(27)24-18,12-3-7-14(25)8-4-12)13-5-9-15(26)10-6-13/h3-11,25-26H,2H2,1H3,(H,24,27). The van der Waals surface area contributed by atoms with Crippen molar-refractivity contribution in [3.63, 3.8) is 0 Å². The quantitative estimate of drug-likeness (QED) is 0.552. The van der Waals surface area contributed by atoms with Gasteiger partial charge in [-0.25, -0.2) is 4.98 Å². The number of hydrogen-bond donors (Lipinski definition) is 3. The van der Waals surface area contributed by atoms with Gasteiger partial charge >= 0.3 is 0 Å². The molecular formula is C21H17BrN2O3. The van der Waals surface area contributed by atoms with Crippen molar-refractivity contribution >= 4 is 27.5 Å². The maximum Gasteiger partial charge on any atom is 0.244 e. The number of rotatable bonds is 3. The molecule has 5 nitrogen and oxygen atoms in total. The number of aromatic hydroxyl groups is 2. The molecule has 0 spiro atoms. The lowest BCUT2D eigenvalue weighted by atomic mass is 9.70. The third kappa shape index (κ3) is 2.51. The predicted octanol–water partition coefficient (Wildman–Crippen LogP) is 4.10. The Morgan fingerprint density at radius 2 is 1.52 bits per heavy atom. The molecule has 0 radical (unpaired) electrons. The summed E-state index contributed by atoms with van der Waals surface area (Å²) >= 11 is 3.47. The smallest absolute Gasteiger partial charge is 0.244 e. The Bertz CT molecular complexity index is 985. The summed E-state index contributed by atoms with van der Waals surface area (Å²) in [6, 6.07) is 13.2. The SMILES string of the molecule is CCc1c(Br)ncc2c1NC(=O)C2(c1ccc(O)cc1)c1ccc(O)cc1. The fourth-order valence-electron chi connectivity index (χ4n) is 3.77. The molecule has 2 aromatic carbocycles. The van der Waals surface area contributed by atoms with Crippen LogP contribution in [0.15, 0.2) is 59.3 Å². The van der Waals surface area contributed by atoms with Crippen LogP contribution in [0.5, 0.6) is 11.5 Å². The number of halogens is 1. The molecule has 6 heteroatoms. The van der Waals surface area contributed by atoms with Gasteiger partial charge in [-0.3, -0.25) is 4.79 Å². The second kappa shape index (κ2) is 6.39. The summed E-state index contributed by atoms with van der Waals surface area (Å²) in [5.41, 5.74) is 2.76. The highest BCUT2D eigenvalue weighted by Gasteiger charge is 2.51. The van der Waals surface area contributed by atoms with Crippen LogP contribution < -0.4 is 5.32 Å². The number of carbonyl (C=O) groups excluding carboxylic acids is 1. The van der Waals surface area contributed by atoms with Crippen LogP contribution in [0.2, 0.25) is 0 Å². The summed E-state index contributed by atoms with van der Waals surface area (Å²) in [6.07, 6.45) is 2.41. The van der Waals surface area contributed by atoms with Crippen molar-refractivity contribution in [1.29, 1.82) is 0 Å². The summed E-state index contributed by atoms with van der Waals surface area (Å²) < 4.78 is 0.705. The van der Waals surface area contributed by atoms with Gasteiger partial charge in [-0.15, -0.1) is 0 Å². The van der Waals surface area contributed by atoms with E-state index in [2.05, 4.69) is 26.2 Å². The van der Waals surface area contributed by atoms with Crippen molar-refractivity contribution in [1.82, 2.24) is 4.98 Å². The largest absolute Gasteiger partial charge is 0.508 e. The Kier molecular flexibility index (Phi) is 4.15. The van der Waals surface area contributed by atoms with E-state index in [0.29, 0.717) is 22.2 Å². The van der Waals surface area contributed by atoms with Gasteiger partial charge < -0.3 is 15.5 Å². The van der Waals surface area contributed by atoms with Crippen LogP contribution in [-0.4, -0.2) is 21.1 Å². The van der Waals surface area contributed by atoms with Crippen LogP contribution in [0.3, 0.4) is 0 Å².